The zero-order valence-corrected chi connectivity index (χ0v) is 12.9. The molecule has 0 amide bonds. The molecule has 0 N–H and O–H groups in total. The number of allylic oxidation sites excluding steroid dienone is 1. The number of rotatable bonds is 4. The third-order valence-electron chi connectivity index (χ3n) is 3.79. The molecule has 0 saturated carbocycles. The maximum absolute atomic E-state index is 4.74. The van der Waals surface area contributed by atoms with Crippen LogP contribution in [0, 0.1) is 0 Å². The topological polar surface area (TPSA) is 38.1 Å². The lowest BCUT2D eigenvalue weighted by Crippen LogP contribution is -1.99. The average molecular weight is 305 g/mol. The van der Waals surface area contributed by atoms with Gasteiger partial charge in [0.2, 0.25) is 0 Å². The molecule has 3 heterocycles. The lowest BCUT2D eigenvalue weighted by atomic mass is 10.1. The first kappa shape index (κ1) is 13.3. The van der Waals surface area contributed by atoms with Gasteiger partial charge < -0.3 is 0 Å². The number of benzene rings is 1. The smallest absolute Gasteiger partial charge is 0.0890 e. The fourth-order valence-corrected chi connectivity index (χ4v) is 3.26. The van der Waals surface area contributed by atoms with Gasteiger partial charge in [0, 0.05) is 29.3 Å². The Balaban J connectivity index is 1.45. The van der Waals surface area contributed by atoms with Crippen LogP contribution in [0.25, 0.3) is 16.7 Å². The van der Waals surface area contributed by atoms with Crippen molar-refractivity contribution in [3.8, 4) is 0 Å². The van der Waals surface area contributed by atoms with Crippen LogP contribution in [-0.4, -0.2) is 15.7 Å². The summed E-state index contributed by atoms with van der Waals surface area (Å²) in [5, 5.41) is 4.24. The molecule has 0 unspecified atom stereocenters. The maximum atomic E-state index is 4.74. The Kier molecular flexibility index (Phi) is 3.52. The molecule has 22 heavy (non-hydrogen) atoms. The van der Waals surface area contributed by atoms with Gasteiger partial charge in [0.1, 0.15) is 0 Å². The summed E-state index contributed by atoms with van der Waals surface area (Å²) in [7, 11) is 0. The largest absolute Gasteiger partial charge is 0.257 e. The van der Waals surface area contributed by atoms with Crippen LogP contribution < -0.4 is 0 Å². The van der Waals surface area contributed by atoms with E-state index >= 15 is 0 Å². The van der Waals surface area contributed by atoms with Crippen LogP contribution in [0.2, 0.25) is 0 Å². The highest BCUT2D eigenvalue weighted by molar-refractivity contribution is 7.08. The number of aliphatic imine (C=N–C) groups is 1. The minimum atomic E-state index is 0.890. The molecule has 2 aromatic heterocycles. The molecule has 0 spiro atoms. The van der Waals surface area contributed by atoms with Crippen LogP contribution in [0.15, 0.2) is 58.4 Å². The van der Waals surface area contributed by atoms with E-state index in [1.807, 2.05) is 30.5 Å². The zero-order valence-electron chi connectivity index (χ0n) is 12.1. The van der Waals surface area contributed by atoms with Gasteiger partial charge in [-0.05, 0) is 36.4 Å². The molecule has 1 aliphatic rings. The number of hydrogen-bond acceptors (Lipinski definition) is 4. The van der Waals surface area contributed by atoms with E-state index in [9.17, 15) is 0 Å². The van der Waals surface area contributed by atoms with E-state index in [2.05, 4.69) is 32.9 Å². The van der Waals surface area contributed by atoms with Crippen molar-refractivity contribution >= 4 is 33.8 Å². The van der Waals surface area contributed by atoms with E-state index in [4.69, 9.17) is 4.99 Å². The third-order valence-corrected chi connectivity index (χ3v) is 4.48. The highest BCUT2D eigenvalue weighted by Gasteiger charge is 2.11. The second-order valence-corrected chi connectivity index (χ2v) is 6.11. The highest BCUT2D eigenvalue weighted by Crippen LogP contribution is 2.25. The lowest BCUT2D eigenvalue weighted by molar-refractivity contribution is 0.961. The second kappa shape index (κ2) is 5.81. The fraction of sp³-hybridized carbons (Fsp3) is 0.167. The molecule has 0 aliphatic carbocycles. The highest BCUT2D eigenvalue weighted by atomic mass is 32.1. The van der Waals surface area contributed by atoms with Crippen molar-refractivity contribution in [3.05, 3.63) is 64.6 Å². The average Bonchev–Trinajstić information content (AvgIpc) is 3.24. The van der Waals surface area contributed by atoms with Gasteiger partial charge in [-0.15, -0.1) is 0 Å². The summed E-state index contributed by atoms with van der Waals surface area (Å²) in [5.41, 5.74) is 6.52. The van der Waals surface area contributed by atoms with Crippen molar-refractivity contribution in [3.63, 3.8) is 0 Å². The first-order chi connectivity index (χ1) is 10.9. The van der Waals surface area contributed by atoms with Crippen molar-refractivity contribution in [1.29, 1.82) is 0 Å². The minimum absolute atomic E-state index is 0.890. The first-order valence-corrected chi connectivity index (χ1v) is 8.32. The molecule has 1 aliphatic heterocycles. The van der Waals surface area contributed by atoms with Gasteiger partial charge >= 0.3 is 0 Å². The van der Waals surface area contributed by atoms with Crippen LogP contribution in [0.4, 0.5) is 0 Å². The normalized spacial score (nSPS) is 14.2. The van der Waals surface area contributed by atoms with E-state index < -0.39 is 0 Å². The summed E-state index contributed by atoms with van der Waals surface area (Å²) in [5.74, 6) is 0. The summed E-state index contributed by atoms with van der Waals surface area (Å²) >= 11 is 1.71. The Labute approximate surface area is 133 Å². The van der Waals surface area contributed by atoms with Gasteiger partial charge in [0.25, 0.3) is 0 Å². The summed E-state index contributed by atoms with van der Waals surface area (Å²) < 4.78 is 0. The molecule has 4 rings (SSSR count). The lowest BCUT2D eigenvalue weighted by Gasteiger charge is -2.02. The fourth-order valence-electron chi connectivity index (χ4n) is 2.62. The number of fused-ring (bicyclic) bond motifs is 1. The molecule has 0 saturated heterocycles. The Morgan fingerprint density at radius 2 is 1.95 bits per heavy atom. The Hall–Kier alpha value is -2.33. The Morgan fingerprint density at radius 3 is 2.82 bits per heavy atom. The van der Waals surface area contributed by atoms with Gasteiger partial charge in [-0.3, -0.25) is 9.98 Å². The number of thiophene rings is 1. The standard InChI is InChI=1S/C18H15N3S/c1-2-4-18-17(3-1)19-11-15(21-18)6-5-14-7-8-16(20-14)13-9-10-22-12-13/h1-4,8-12H,5-7H2. The molecule has 108 valence electrons. The first-order valence-electron chi connectivity index (χ1n) is 7.38. The van der Waals surface area contributed by atoms with Crippen molar-refractivity contribution in [2.24, 2.45) is 4.99 Å². The van der Waals surface area contributed by atoms with E-state index in [0.29, 0.717) is 0 Å². The summed E-state index contributed by atoms with van der Waals surface area (Å²) in [6.07, 6.45) is 6.87. The third kappa shape index (κ3) is 2.70. The van der Waals surface area contributed by atoms with Crippen molar-refractivity contribution < 1.29 is 0 Å². The van der Waals surface area contributed by atoms with Crippen molar-refractivity contribution in [1.82, 2.24) is 9.97 Å². The zero-order chi connectivity index (χ0) is 14.8. The second-order valence-electron chi connectivity index (χ2n) is 5.33. The Morgan fingerprint density at radius 1 is 1.05 bits per heavy atom. The molecular formula is C18H15N3S. The molecule has 0 atom stereocenters. The number of para-hydroxylation sites is 2. The van der Waals surface area contributed by atoms with Crippen molar-refractivity contribution in [2.45, 2.75) is 19.3 Å². The predicted octanol–water partition coefficient (Wildman–Crippen LogP) is 4.51. The van der Waals surface area contributed by atoms with E-state index in [0.717, 1.165) is 41.7 Å². The van der Waals surface area contributed by atoms with E-state index in [-0.39, 0.29) is 0 Å². The predicted molar refractivity (Wildman–Crippen MR) is 92.2 cm³/mol. The quantitative estimate of drug-likeness (QED) is 0.711. The molecule has 3 aromatic rings. The van der Waals surface area contributed by atoms with E-state index in [1.165, 1.54) is 11.3 Å². The molecule has 0 radical (unpaired) electrons. The monoisotopic (exact) mass is 305 g/mol. The number of aryl methyl sites for hydroxylation is 1. The number of aromatic nitrogens is 2. The van der Waals surface area contributed by atoms with Crippen LogP contribution in [0.3, 0.4) is 0 Å². The summed E-state index contributed by atoms with van der Waals surface area (Å²) in [4.78, 5) is 13.9. The van der Waals surface area contributed by atoms with Gasteiger partial charge in [-0.25, -0.2) is 4.98 Å². The number of nitrogens with zero attached hydrogens (tertiary/aromatic N) is 3. The molecular weight excluding hydrogens is 290 g/mol. The Bertz CT molecular complexity index is 863. The van der Waals surface area contributed by atoms with Crippen LogP contribution in [-0.2, 0) is 6.42 Å². The van der Waals surface area contributed by atoms with Gasteiger partial charge in [0.05, 0.1) is 22.4 Å². The number of hydrogen-bond donors (Lipinski definition) is 0. The molecule has 1 aromatic carbocycles. The molecule has 0 bridgehead atoms. The van der Waals surface area contributed by atoms with E-state index in [1.54, 1.807) is 11.3 Å². The van der Waals surface area contributed by atoms with Crippen LogP contribution in [0.1, 0.15) is 24.1 Å². The molecule has 4 heteroatoms. The molecule has 3 nitrogen and oxygen atoms in total. The summed E-state index contributed by atoms with van der Waals surface area (Å²) in [6.45, 7) is 0. The summed E-state index contributed by atoms with van der Waals surface area (Å²) in [6, 6.07) is 10.1. The van der Waals surface area contributed by atoms with Crippen LogP contribution in [0.5, 0.6) is 0 Å². The maximum Gasteiger partial charge on any atom is 0.0890 e. The molecule has 0 fully saturated rings. The van der Waals surface area contributed by atoms with Gasteiger partial charge in [-0.1, -0.05) is 18.2 Å². The van der Waals surface area contributed by atoms with Crippen LogP contribution >= 0.6 is 11.3 Å². The SMILES string of the molecule is C1=C(c2ccsc2)N=C(CCc2cnc3ccccc3n2)C1. The van der Waals surface area contributed by atoms with Gasteiger partial charge in [0.15, 0.2) is 0 Å². The van der Waals surface area contributed by atoms with Gasteiger partial charge in [-0.2, -0.15) is 11.3 Å². The minimum Gasteiger partial charge on any atom is -0.257 e. The van der Waals surface area contributed by atoms with Crippen molar-refractivity contribution in [2.75, 3.05) is 0 Å².